The first-order valence-electron chi connectivity index (χ1n) is 12.1. The van der Waals surface area contributed by atoms with E-state index >= 15 is 0 Å². The third-order valence-electron chi connectivity index (χ3n) is 8.65. The van der Waals surface area contributed by atoms with Gasteiger partial charge in [-0.2, -0.15) is 0 Å². The Morgan fingerprint density at radius 3 is 2.14 bits per heavy atom. The summed E-state index contributed by atoms with van der Waals surface area (Å²) in [6.07, 6.45) is 11.0. The van der Waals surface area contributed by atoms with Crippen molar-refractivity contribution in [2.45, 2.75) is 124 Å². The van der Waals surface area contributed by atoms with Crippen LogP contribution in [0.25, 0.3) is 0 Å². The molecular formula is C25H46O4. The van der Waals surface area contributed by atoms with Crippen LogP contribution in [0.1, 0.15) is 106 Å². The summed E-state index contributed by atoms with van der Waals surface area (Å²) in [6, 6.07) is 0. The number of rotatable bonds is 8. The van der Waals surface area contributed by atoms with Crippen LogP contribution in [0, 0.1) is 23.2 Å². The summed E-state index contributed by atoms with van der Waals surface area (Å²) in [7, 11) is 1.82. The smallest absolute Gasteiger partial charge is 0.431 e. The number of methoxy groups -OCH3 is 1. The Morgan fingerprint density at radius 2 is 1.55 bits per heavy atom. The Balaban J connectivity index is 2.09. The van der Waals surface area contributed by atoms with Gasteiger partial charge in [-0.25, -0.2) is 4.79 Å². The molecule has 0 N–H and O–H groups in total. The lowest BCUT2D eigenvalue weighted by Gasteiger charge is -2.51. The molecule has 0 aromatic carbocycles. The van der Waals surface area contributed by atoms with Crippen molar-refractivity contribution < 1.29 is 19.0 Å². The Morgan fingerprint density at radius 1 is 0.966 bits per heavy atom. The second-order valence-electron chi connectivity index (χ2n) is 10.3. The highest BCUT2D eigenvalue weighted by Crippen LogP contribution is 2.50. The Kier molecular flexibility index (Phi) is 8.87. The average molecular weight is 411 g/mol. The molecule has 2 saturated carbocycles. The number of hydrogen-bond acceptors (Lipinski definition) is 4. The van der Waals surface area contributed by atoms with E-state index in [4.69, 9.17) is 14.2 Å². The van der Waals surface area contributed by atoms with Gasteiger partial charge in [0.1, 0.15) is 11.7 Å². The van der Waals surface area contributed by atoms with Crippen molar-refractivity contribution in [2.24, 2.45) is 23.2 Å². The minimum Gasteiger partial charge on any atom is -0.431 e. The van der Waals surface area contributed by atoms with Crippen LogP contribution < -0.4 is 0 Å². The van der Waals surface area contributed by atoms with Crippen LogP contribution in [0.3, 0.4) is 0 Å². The molecule has 2 aliphatic rings. The van der Waals surface area contributed by atoms with Gasteiger partial charge in [0.2, 0.25) is 0 Å². The van der Waals surface area contributed by atoms with Crippen LogP contribution >= 0.6 is 0 Å². The van der Waals surface area contributed by atoms with Crippen molar-refractivity contribution >= 4 is 6.16 Å². The summed E-state index contributed by atoms with van der Waals surface area (Å²) in [5.74, 6) is 1.42. The fourth-order valence-corrected chi connectivity index (χ4v) is 5.94. The molecule has 4 heteroatoms. The molecule has 6 atom stereocenters. The number of carbonyl (C=O) groups is 1. The zero-order valence-corrected chi connectivity index (χ0v) is 20.1. The van der Waals surface area contributed by atoms with E-state index in [1.165, 1.54) is 19.3 Å². The highest BCUT2D eigenvalue weighted by atomic mass is 16.7. The van der Waals surface area contributed by atoms with E-state index in [0.29, 0.717) is 17.8 Å². The molecule has 0 radical (unpaired) electrons. The molecule has 4 nitrogen and oxygen atoms in total. The van der Waals surface area contributed by atoms with Crippen molar-refractivity contribution in [3.05, 3.63) is 0 Å². The lowest BCUT2D eigenvalue weighted by atomic mass is 9.59. The van der Waals surface area contributed by atoms with E-state index < -0.39 is 11.8 Å². The molecule has 0 aliphatic heterocycles. The third kappa shape index (κ3) is 5.48. The van der Waals surface area contributed by atoms with E-state index in [1.54, 1.807) is 0 Å². The van der Waals surface area contributed by atoms with Gasteiger partial charge in [-0.05, 0) is 70.1 Å². The highest BCUT2D eigenvalue weighted by Gasteiger charge is 2.51. The molecule has 6 unspecified atom stereocenters. The zero-order chi connectivity index (χ0) is 21.7. The normalized spacial score (nSPS) is 31.6. The Labute approximate surface area is 179 Å². The van der Waals surface area contributed by atoms with Gasteiger partial charge < -0.3 is 14.2 Å². The summed E-state index contributed by atoms with van der Waals surface area (Å²) >= 11 is 0. The SMILES string of the molecule is CCC(C)C1CCCCC1OC(=O)OC(C)(C)C(C)(CC)C1CCCCC1OC. The predicted molar refractivity (Wildman–Crippen MR) is 118 cm³/mol. The molecule has 0 saturated heterocycles. The molecule has 0 bridgehead atoms. The fraction of sp³-hybridized carbons (Fsp3) is 0.960. The number of ether oxygens (including phenoxy) is 3. The van der Waals surface area contributed by atoms with Crippen molar-refractivity contribution in [2.75, 3.05) is 7.11 Å². The molecule has 2 rings (SSSR count). The first-order chi connectivity index (χ1) is 13.7. The van der Waals surface area contributed by atoms with Crippen LogP contribution in [-0.4, -0.2) is 31.1 Å². The average Bonchev–Trinajstić information content (AvgIpc) is 2.72. The van der Waals surface area contributed by atoms with Gasteiger partial charge in [0.15, 0.2) is 0 Å². The zero-order valence-electron chi connectivity index (χ0n) is 20.1. The summed E-state index contributed by atoms with van der Waals surface area (Å²) in [6.45, 7) is 13.1. The second kappa shape index (κ2) is 10.5. The van der Waals surface area contributed by atoms with Crippen molar-refractivity contribution in [1.29, 1.82) is 0 Å². The maximum Gasteiger partial charge on any atom is 0.509 e. The van der Waals surface area contributed by atoms with E-state index in [2.05, 4.69) is 41.5 Å². The van der Waals surface area contributed by atoms with Crippen LogP contribution in [0.4, 0.5) is 4.79 Å². The standard InChI is InChI=1S/C25H46O4/c1-8-18(3)19-14-10-12-16-21(19)28-23(26)29-24(4,5)25(6,9-2)20-15-11-13-17-22(20)27-7/h18-22H,8-17H2,1-7H3. The molecule has 0 amide bonds. The molecule has 29 heavy (non-hydrogen) atoms. The van der Waals surface area contributed by atoms with Gasteiger partial charge in [0.05, 0.1) is 6.10 Å². The van der Waals surface area contributed by atoms with Gasteiger partial charge in [-0.1, -0.05) is 53.4 Å². The van der Waals surface area contributed by atoms with Gasteiger partial charge in [0.25, 0.3) is 0 Å². The molecule has 0 spiro atoms. The quantitative estimate of drug-likeness (QED) is 0.399. The highest BCUT2D eigenvalue weighted by molar-refractivity contribution is 5.61. The van der Waals surface area contributed by atoms with Crippen LogP contribution in [-0.2, 0) is 14.2 Å². The monoisotopic (exact) mass is 410 g/mol. The maximum atomic E-state index is 12.9. The summed E-state index contributed by atoms with van der Waals surface area (Å²) in [5.41, 5.74) is -0.770. The topological polar surface area (TPSA) is 44.8 Å². The van der Waals surface area contributed by atoms with E-state index in [9.17, 15) is 4.79 Å². The maximum absolute atomic E-state index is 12.9. The number of hydrogen-bond donors (Lipinski definition) is 0. The van der Waals surface area contributed by atoms with Crippen molar-refractivity contribution in [1.82, 2.24) is 0 Å². The van der Waals surface area contributed by atoms with Gasteiger partial charge in [0, 0.05) is 12.5 Å². The van der Waals surface area contributed by atoms with Gasteiger partial charge in [-0.3, -0.25) is 0 Å². The van der Waals surface area contributed by atoms with Crippen LogP contribution in [0.5, 0.6) is 0 Å². The minimum absolute atomic E-state index is 0.00344. The Hall–Kier alpha value is -0.770. The Bertz CT molecular complexity index is 517. The first-order valence-corrected chi connectivity index (χ1v) is 12.1. The summed E-state index contributed by atoms with van der Waals surface area (Å²) in [4.78, 5) is 12.9. The van der Waals surface area contributed by atoms with E-state index in [-0.39, 0.29) is 17.6 Å². The summed E-state index contributed by atoms with van der Waals surface area (Å²) in [5, 5.41) is 0. The van der Waals surface area contributed by atoms with E-state index in [0.717, 1.165) is 44.9 Å². The lowest BCUT2D eigenvalue weighted by Crippen LogP contribution is -2.53. The third-order valence-corrected chi connectivity index (χ3v) is 8.65. The largest absolute Gasteiger partial charge is 0.509 e. The first kappa shape index (κ1) is 24.5. The minimum atomic E-state index is -0.613. The summed E-state index contributed by atoms with van der Waals surface area (Å²) < 4.78 is 17.9. The molecular weight excluding hydrogens is 364 g/mol. The van der Waals surface area contributed by atoms with Crippen LogP contribution in [0.2, 0.25) is 0 Å². The molecule has 2 fully saturated rings. The molecule has 170 valence electrons. The second-order valence-corrected chi connectivity index (χ2v) is 10.3. The molecule has 0 heterocycles. The predicted octanol–water partition coefficient (Wildman–Crippen LogP) is 7.14. The molecule has 2 aliphatic carbocycles. The lowest BCUT2D eigenvalue weighted by molar-refractivity contribution is -0.152. The molecule has 0 aromatic heterocycles. The number of carbonyl (C=O) groups excluding carboxylic acids is 1. The van der Waals surface area contributed by atoms with Crippen molar-refractivity contribution in [3.8, 4) is 0 Å². The van der Waals surface area contributed by atoms with E-state index in [1.807, 2.05) is 7.11 Å². The van der Waals surface area contributed by atoms with Crippen molar-refractivity contribution in [3.63, 3.8) is 0 Å². The van der Waals surface area contributed by atoms with Gasteiger partial charge >= 0.3 is 6.16 Å². The molecule has 0 aromatic rings. The van der Waals surface area contributed by atoms with Crippen LogP contribution in [0.15, 0.2) is 0 Å². The fourth-order valence-electron chi connectivity index (χ4n) is 5.94. The van der Waals surface area contributed by atoms with Gasteiger partial charge in [-0.15, -0.1) is 0 Å².